The van der Waals surface area contributed by atoms with Gasteiger partial charge in [-0.05, 0) is 6.42 Å². The number of hydrogen-bond acceptors (Lipinski definition) is 4. The second kappa shape index (κ2) is 8.71. The molecule has 0 aromatic rings. The van der Waals surface area contributed by atoms with Gasteiger partial charge in [-0.25, -0.2) is 4.79 Å². The second-order valence-electron chi connectivity index (χ2n) is 3.15. The van der Waals surface area contributed by atoms with E-state index in [9.17, 15) is 9.59 Å². The smallest absolute Gasteiger partial charge is 0.334 e. The average molecular weight is 226 g/mol. The molecule has 0 aliphatic rings. The Labute approximate surface area is 95.9 Å². The fourth-order valence-corrected chi connectivity index (χ4v) is 1.00. The summed E-state index contributed by atoms with van der Waals surface area (Å²) in [5.41, 5.74) is 0.293. The van der Waals surface area contributed by atoms with Gasteiger partial charge in [0.25, 0.3) is 0 Å². The van der Waals surface area contributed by atoms with Gasteiger partial charge in [-0.2, -0.15) is 0 Å². The molecule has 0 radical (unpaired) electrons. The Bertz CT molecular complexity index is 289. The third-order valence-electron chi connectivity index (χ3n) is 1.90. The highest BCUT2D eigenvalue weighted by atomic mass is 16.5. The van der Waals surface area contributed by atoms with Crippen LogP contribution in [-0.2, 0) is 19.1 Å². The van der Waals surface area contributed by atoms with Crippen LogP contribution in [-0.4, -0.2) is 26.2 Å². The molecular weight excluding hydrogens is 208 g/mol. The standard InChI is InChI=1S/C12H18O4/c1-4-5-6-7-8-10(12(14)16-3)9-11(13)15-2/h6-8H,4-5,9H2,1-3H3/b7-6+,10-8+. The molecule has 0 aromatic heterocycles. The van der Waals surface area contributed by atoms with Crippen molar-refractivity contribution in [2.75, 3.05) is 14.2 Å². The molecule has 0 N–H and O–H groups in total. The summed E-state index contributed by atoms with van der Waals surface area (Å²) in [4.78, 5) is 22.3. The molecule has 4 nitrogen and oxygen atoms in total. The van der Waals surface area contributed by atoms with Gasteiger partial charge in [0.1, 0.15) is 0 Å². The monoisotopic (exact) mass is 226 g/mol. The number of rotatable bonds is 6. The Morgan fingerprint density at radius 3 is 2.38 bits per heavy atom. The van der Waals surface area contributed by atoms with E-state index < -0.39 is 11.9 Å². The maximum atomic E-state index is 11.3. The largest absolute Gasteiger partial charge is 0.469 e. The fourth-order valence-electron chi connectivity index (χ4n) is 1.00. The first-order valence-electron chi connectivity index (χ1n) is 5.16. The normalized spacial score (nSPS) is 11.6. The molecule has 0 saturated carbocycles. The summed E-state index contributed by atoms with van der Waals surface area (Å²) >= 11 is 0. The summed E-state index contributed by atoms with van der Waals surface area (Å²) in [5.74, 6) is -0.966. The zero-order valence-corrected chi connectivity index (χ0v) is 9.99. The van der Waals surface area contributed by atoms with Crippen molar-refractivity contribution in [3.63, 3.8) is 0 Å². The molecule has 0 saturated heterocycles. The summed E-state index contributed by atoms with van der Waals surface area (Å²) in [7, 11) is 2.56. The Balaban J connectivity index is 4.53. The van der Waals surface area contributed by atoms with Crippen LogP contribution in [0.5, 0.6) is 0 Å². The first-order valence-corrected chi connectivity index (χ1v) is 5.16. The maximum absolute atomic E-state index is 11.3. The number of ether oxygens (including phenoxy) is 2. The van der Waals surface area contributed by atoms with Gasteiger partial charge in [-0.3, -0.25) is 4.79 Å². The van der Waals surface area contributed by atoms with E-state index in [2.05, 4.69) is 16.4 Å². The van der Waals surface area contributed by atoms with Gasteiger partial charge in [0.15, 0.2) is 0 Å². The zero-order chi connectivity index (χ0) is 12.4. The molecule has 0 bridgehead atoms. The van der Waals surface area contributed by atoms with Crippen LogP contribution in [0, 0.1) is 0 Å². The first-order chi connectivity index (χ1) is 7.65. The Morgan fingerprint density at radius 1 is 1.19 bits per heavy atom. The van der Waals surface area contributed by atoms with Crippen LogP contribution in [0.4, 0.5) is 0 Å². The van der Waals surface area contributed by atoms with Crippen molar-refractivity contribution in [3.8, 4) is 0 Å². The van der Waals surface area contributed by atoms with E-state index in [4.69, 9.17) is 0 Å². The van der Waals surface area contributed by atoms with Gasteiger partial charge in [-0.15, -0.1) is 0 Å². The van der Waals surface area contributed by atoms with E-state index in [1.165, 1.54) is 14.2 Å². The van der Waals surface area contributed by atoms with E-state index in [-0.39, 0.29) is 6.42 Å². The minimum atomic E-state index is -0.508. The van der Waals surface area contributed by atoms with Crippen molar-refractivity contribution in [3.05, 3.63) is 23.8 Å². The lowest BCUT2D eigenvalue weighted by Crippen LogP contribution is -2.10. The summed E-state index contributed by atoms with van der Waals surface area (Å²) < 4.78 is 9.06. The molecule has 0 heterocycles. The number of unbranched alkanes of at least 4 members (excludes halogenated alkanes) is 1. The van der Waals surface area contributed by atoms with E-state index >= 15 is 0 Å². The van der Waals surface area contributed by atoms with Gasteiger partial charge in [-0.1, -0.05) is 31.6 Å². The molecule has 16 heavy (non-hydrogen) atoms. The predicted octanol–water partition coefficient (Wildman–Crippen LogP) is 2.01. The summed E-state index contributed by atoms with van der Waals surface area (Å²) in [6.45, 7) is 2.06. The number of carbonyl (C=O) groups is 2. The fraction of sp³-hybridized carbons (Fsp3) is 0.500. The molecule has 0 rings (SSSR count). The molecule has 0 spiro atoms. The van der Waals surface area contributed by atoms with Crippen LogP contribution < -0.4 is 0 Å². The molecule has 0 amide bonds. The van der Waals surface area contributed by atoms with Crippen molar-refractivity contribution in [2.45, 2.75) is 26.2 Å². The molecule has 0 aliphatic carbocycles. The number of allylic oxidation sites excluding steroid dienone is 3. The minimum Gasteiger partial charge on any atom is -0.469 e. The highest BCUT2D eigenvalue weighted by Crippen LogP contribution is 2.06. The topological polar surface area (TPSA) is 52.6 Å². The van der Waals surface area contributed by atoms with Gasteiger partial charge < -0.3 is 9.47 Å². The molecule has 0 atom stereocenters. The molecule has 0 unspecified atom stereocenters. The van der Waals surface area contributed by atoms with Gasteiger partial charge >= 0.3 is 11.9 Å². The number of methoxy groups -OCH3 is 2. The zero-order valence-electron chi connectivity index (χ0n) is 9.99. The minimum absolute atomic E-state index is 0.0698. The number of carbonyl (C=O) groups excluding carboxylic acids is 2. The van der Waals surface area contributed by atoms with Crippen molar-refractivity contribution in [2.24, 2.45) is 0 Å². The Kier molecular flexibility index (Phi) is 7.85. The van der Waals surface area contributed by atoms with Crippen LogP contribution in [0.15, 0.2) is 23.8 Å². The summed E-state index contributed by atoms with van der Waals surface area (Å²) in [6.07, 6.45) is 7.16. The summed E-state index contributed by atoms with van der Waals surface area (Å²) in [5, 5.41) is 0. The quantitative estimate of drug-likeness (QED) is 0.395. The molecule has 0 aromatic carbocycles. The Morgan fingerprint density at radius 2 is 1.88 bits per heavy atom. The van der Waals surface area contributed by atoms with Crippen molar-refractivity contribution >= 4 is 11.9 Å². The highest BCUT2D eigenvalue weighted by Gasteiger charge is 2.13. The van der Waals surface area contributed by atoms with E-state index in [1.54, 1.807) is 12.2 Å². The second-order valence-corrected chi connectivity index (χ2v) is 3.15. The van der Waals surface area contributed by atoms with Crippen molar-refractivity contribution in [1.82, 2.24) is 0 Å². The van der Waals surface area contributed by atoms with Crippen LogP contribution in [0.2, 0.25) is 0 Å². The maximum Gasteiger partial charge on any atom is 0.334 e. The lowest BCUT2D eigenvalue weighted by Gasteiger charge is -2.02. The predicted molar refractivity (Wildman–Crippen MR) is 60.8 cm³/mol. The van der Waals surface area contributed by atoms with Crippen LogP contribution >= 0.6 is 0 Å². The van der Waals surface area contributed by atoms with Crippen LogP contribution in [0.1, 0.15) is 26.2 Å². The third kappa shape index (κ3) is 6.01. The highest BCUT2D eigenvalue weighted by molar-refractivity contribution is 5.94. The molecule has 0 fully saturated rings. The van der Waals surface area contributed by atoms with Crippen LogP contribution in [0.3, 0.4) is 0 Å². The average Bonchev–Trinajstić information content (AvgIpc) is 2.31. The van der Waals surface area contributed by atoms with Gasteiger partial charge in [0.2, 0.25) is 0 Å². The third-order valence-corrected chi connectivity index (χ3v) is 1.90. The molecular formula is C12H18O4. The van der Waals surface area contributed by atoms with Crippen molar-refractivity contribution in [1.29, 1.82) is 0 Å². The van der Waals surface area contributed by atoms with E-state index in [0.29, 0.717) is 5.57 Å². The summed E-state index contributed by atoms with van der Waals surface area (Å²) in [6, 6.07) is 0. The molecule has 0 aliphatic heterocycles. The Hall–Kier alpha value is -1.58. The molecule has 90 valence electrons. The molecule has 4 heteroatoms. The lowest BCUT2D eigenvalue weighted by atomic mass is 10.1. The first kappa shape index (κ1) is 14.4. The van der Waals surface area contributed by atoms with Gasteiger partial charge in [0.05, 0.1) is 20.6 Å². The number of esters is 2. The van der Waals surface area contributed by atoms with Crippen LogP contribution in [0.25, 0.3) is 0 Å². The van der Waals surface area contributed by atoms with E-state index in [1.807, 2.05) is 6.08 Å². The number of hydrogen-bond donors (Lipinski definition) is 0. The van der Waals surface area contributed by atoms with E-state index in [0.717, 1.165) is 12.8 Å². The van der Waals surface area contributed by atoms with Gasteiger partial charge in [0, 0.05) is 5.57 Å². The SMILES string of the molecule is CCC/C=C/C=C(\CC(=O)OC)C(=O)OC. The lowest BCUT2D eigenvalue weighted by molar-refractivity contribution is -0.143. The van der Waals surface area contributed by atoms with Crippen molar-refractivity contribution < 1.29 is 19.1 Å².